The summed E-state index contributed by atoms with van der Waals surface area (Å²) in [6.07, 6.45) is -15.4. The van der Waals surface area contributed by atoms with Crippen LogP contribution in [0.1, 0.15) is 27.2 Å². The Morgan fingerprint density at radius 3 is 2.16 bits per heavy atom. The lowest BCUT2D eigenvalue weighted by Crippen LogP contribution is -2.65. The lowest BCUT2D eigenvalue weighted by atomic mass is 9.82. The summed E-state index contributed by atoms with van der Waals surface area (Å²) in [5.74, 6) is -1.35. The first-order chi connectivity index (χ1) is 17.9. The van der Waals surface area contributed by atoms with Crippen molar-refractivity contribution in [3.05, 3.63) is 0 Å². The van der Waals surface area contributed by atoms with Crippen LogP contribution in [0.3, 0.4) is 0 Å². The van der Waals surface area contributed by atoms with E-state index in [1.54, 1.807) is 6.92 Å². The minimum absolute atomic E-state index is 0.0418. The van der Waals surface area contributed by atoms with Crippen molar-refractivity contribution in [3.63, 3.8) is 0 Å². The van der Waals surface area contributed by atoms with Crippen molar-refractivity contribution in [2.24, 2.45) is 5.92 Å². The first-order valence-corrected chi connectivity index (χ1v) is 12.7. The van der Waals surface area contributed by atoms with Crippen LogP contribution in [0, 0.1) is 5.92 Å². The van der Waals surface area contributed by atoms with E-state index in [1.165, 1.54) is 13.8 Å². The Morgan fingerprint density at radius 2 is 1.63 bits per heavy atom. The van der Waals surface area contributed by atoms with E-state index in [0.29, 0.717) is 0 Å². The smallest absolute Gasteiger partial charge is 0.217 e. The molecule has 14 atom stereocenters. The van der Waals surface area contributed by atoms with E-state index >= 15 is 0 Å². The van der Waals surface area contributed by atoms with Gasteiger partial charge < -0.3 is 69.3 Å². The second kappa shape index (κ2) is 15.3. The zero-order valence-corrected chi connectivity index (χ0v) is 22.3. The van der Waals surface area contributed by atoms with Gasteiger partial charge >= 0.3 is 0 Å². The second-order valence-corrected chi connectivity index (χ2v) is 9.85. The number of thiol groups is 1. The third-order valence-electron chi connectivity index (χ3n) is 6.77. The van der Waals surface area contributed by atoms with Crippen LogP contribution in [0.2, 0.25) is 0 Å². The normalized spacial score (nSPS) is 39.3. The molecule has 2 saturated heterocycles. The van der Waals surface area contributed by atoms with Gasteiger partial charge in [0.25, 0.3) is 0 Å². The van der Waals surface area contributed by atoms with E-state index in [1.807, 2.05) is 0 Å². The minimum Gasteiger partial charge on any atom is -0.394 e. The van der Waals surface area contributed by atoms with Gasteiger partial charge in [0, 0.05) is 12.8 Å². The number of hydrogen-bond acceptors (Lipinski definition) is 15. The van der Waals surface area contributed by atoms with Gasteiger partial charge in [-0.2, -0.15) is 0 Å². The summed E-state index contributed by atoms with van der Waals surface area (Å²) in [6, 6.07) is -1.08. The quantitative estimate of drug-likeness (QED) is 0.0740. The van der Waals surface area contributed by atoms with E-state index in [0.717, 1.165) is 0 Å². The molecule has 0 spiro atoms. The fraction of sp³-hybridized carbons (Fsp3) is 0.955. The molecule has 0 bridgehead atoms. The number of carbonyl (C=O) groups excluding carboxylic acids is 1. The molecule has 2 aliphatic rings. The molecule has 0 aromatic carbocycles. The van der Waals surface area contributed by atoms with Crippen LogP contribution >= 0.6 is 12.9 Å². The molecule has 2 heterocycles. The molecule has 0 saturated carbocycles. The zero-order valence-electron chi connectivity index (χ0n) is 21.4. The molecule has 16 heteroatoms. The maximum absolute atomic E-state index is 11.9. The Labute approximate surface area is 225 Å². The van der Waals surface area contributed by atoms with Gasteiger partial charge in [-0.15, -0.1) is 0 Å². The average Bonchev–Trinajstić information content (AvgIpc) is 2.87. The Kier molecular flexibility index (Phi) is 13.5. The number of aliphatic hydroxyl groups is 8. The Bertz CT molecular complexity index is 724. The summed E-state index contributed by atoms with van der Waals surface area (Å²) in [7, 11) is 0. The van der Waals surface area contributed by atoms with Crippen LogP contribution in [0.4, 0.5) is 0 Å². The van der Waals surface area contributed by atoms with Crippen molar-refractivity contribution in [1.29, 1.82) is 0 Å². The molecule has 2 rings (SSSR count). The molecule has 12 unspecified atom stereocenters. The lowest BCUT2D eigenvalue weighted by Gasteiger charge is -2.48. The van der Waals surface area contributed by atoms with Crippen LogP contribution in [0.25, 0.3) is 0 Å². The first-order valence-electron chi connectivity index (χ1n) is 12.3. The van der Waals surface area contributed by atoms with Crippen LogP contribution in [-0.2, 0) is 27.9 Å². The fourth-order valence-corrected chi connectivity index (χ4v) is 5.06. The van der Waals surface area contributed by atoms with Gasteiger partial charge in [-0.1, -0.05) is 0 Å². The highest BCUT2D eigenvalue weighted by molar-refractivity contribution is 7.75. The minimum atomic E-state index is -1.60. The van der Waals surface area contributed by atoms with Crippen molar-refractivity contribution < 1.29 is 68.8 Å². The van der Waals surface area contributed by atoms with Crippen molar-refractivity contribution in [3.8, 4) is 0 Å². The molecule has 0 aromatic rings. The largest absolute Gasteiger partial charge is 0.394 e. The summed E-state index contributed by atoms with van der Waals surface area (Å²) in [5.41, 5.74) is 0. The van der Waals surface area contributed by atoms with Gasteiger partial charge in [0.05, 0.1) is 44.2 Å². The van der Waals surface area contributed by atoms with Crippen LogP contribution < -0.4 is 5.32 Å². The molecule has 1 amide bonds. The van der Waals surface area contributed by atoms with E-state index in [2.05, 4.69) is 18.2 Å². The monoisotopic (exact) mass is 575 g/mol. The zero-order chi connectivity index (χ0) is 28.7. The number of nitrogens with one attached hydrogen (secondary N) is 1. The Balaban J connectivity index is 2.33. The van der Waals surface area contributed by atoms with Crippen LogP contribution in [0.5, 0.6) is 0 Å². The highest BCUT2D eigenvalue weighted by Crippen LogP contribution is 2.35. The Hall–Kier alpha value is -0.700. The van der Waals surface area contributed by atoms with E-state index in [-0.39, 0.29) is 6.42 Å². The van der Waals surface area contributed by atoms with Gasteiger partial charge in [-0.3, -0.25) is 4.79 Å². The number of carbonyl (C=O) groups is 1. The fourth-order valence-electron chi connectivity index (χ4n) is 4.81. The van der Waals surface area contributed by atoms with Crippen molar-refractivity contribution in [1.82, 2.24) is 5.32 Å². The van der Waals surface area contributed by atoms with E-state index in [9.17, 15) is 40.5 Å². The van der Waals surface area contributed by atoms with Crippen LogP contribution in [-0.4, -0.2) is 146 Å². The SMILES string of the molecule is CC(=O)NC1C(O)OC(CO)C(OC2OC(CO)C(O)C(OS)C2O)C1C[C@@H](C)OC(C)C(O)[C@H](O)CO. The lowest BCUT2D eigenvalue weighted by molar-refractivity contribution is -0.339. The molecule has 9 N–H and O–H groups in total. The van der Waals surface area contributed by atoms with Crippen molar-refractivity contribution >= 4 is 18.8 Å². The third-order valence-corrected chi connectivity index (χ3v) is 7.01. The highest BCUT2D eigenvalue weighted by atomic mass is 32.1. The number of rotatable bonds is 13. The number of aliphatic hydroxyl groups excluding tert-OH is 8. The molecule has 224 valence electrons. The third kappa shape index (κ3) is 8.17. The summed E-state index contributed by atoms with van der Waals surface area (Å²) in [4.78, 5) is 11.9. The first kappa shape index (κ1) is 33.5. The standard InChI is InChI=1S/C22H41NO14S/c1-8(33-9(2)16(29)12(28)5-24)4-11-15(23-10(3)27)21(32)34-14(7-26)19(11)36-22-18(31)20(37-38)17(30)13(6-25)35-22/h8-9,11-22,24-26,28-32,38H,4-7H2,1-3H3,(H,23,27)/t8-,9?,11?,12-,13?,14?,15?,16?,17?,18?,19?,20?,21?,22?/m1/s1. The molecule has 2 aliphatic heterocycles. The van der Waals surface area contributed by atoms with Gasteiger partial charge in [0.1, 0.15) is 42.7 Å². The molecular formula is C22H41NO14S. The average molecular weight is 576 g/mol. The molecule has 0 radical (unpaired) electrons. The van der Waals surface area contributed by atoms with Gasteiger partial charge in [0.15, 0.2) is 12.6 Å². The van der Waals surface area contributed by atoms with Crippen molar-refractivity contribution in [2.75, 3.05) is 19.8 Å². The summed E-state index contributed by atoms with van der Waals surface area (Å²) < 4.78 is 27.7. The van der Waals surface area contributed by atoms with E-state index < -0.39 is 111 Å². The molecular weight excluding hydrogens is 534 g/mol. The predicted molar refractivity (Wildman–Crippen MR) is 129 cm³/mol. The topological polar surface area (TPSA) is 237 Å². The number of ether oxygens (including phenoxy) is 4. The van der Waals surface area contributed by atoms with E-state index in [4.69, 9.17) is 28.2 Å². The summed E-state index contributed by atoms with van der Waals surface area (Å²) in [6.45, 7) is 2.37. The molecule has 15 nitrogen and oxygen atoms in total. The second-order valence-electron chi connectivity index (χ2n) is 9.64. The summed E-state index contributed by atoms with van der Waals surface area (Å²) in [5, 5.41) is 82.7. The number of amides is 1. The Morgan fingerprint density at radius 1 is 1.00 bits per heavy atom. The predicted octanol–water partition coefficient (Wildman–Crippen LogP) is -4.23. The summed E-state index contributed by atoms with van der Waals surface area (Å²) >= 11 is 3.67. The molecule has 0 aromatic heterocycles. The highest BCUT2D eigenvalue weighted by Gasteiger charge is 2.52. The maximum Gasteiger partial charge on any atom is 0.217 e. The molecule has 38 heavy (non-hydrogen) atoms. The molecule has 0 aliphatic carbocycles. The maximum atomic E-state index is 11.9. The molecule has 2 fully saturated rings. The van der Waals surface area contributed by atoms with Gasteiger partial charge in [0.2, 0.25) is 5.91 Å². The number of hydrogen-bond donors (Lipinski definition) is 10. The van der Waals surface area contributed by atoms with Crippen LogP contribution in [0.15, 0.2) is 0 Å². The van der Waals surface area contributed by atoms with Crippen molar-refractivity contribution in [2.45, 2.75) is 107 Å². The van der Waals surface area contributed by atoms with Gasteiger partial charge in [-0.25, -0.2) is 0 Å². The van der Waals surface area contributed by atoms with Gasteiger partial charge in [-0.05, 0) is 33.2 Å².